The zero-order valence-corrected chi connectivity index (χ0v) is 13.0. The molecule has 0 fully saturated rings. The van der Waals surface area contributed by atoms with Gasteiger partial charge in [-0.2, -0.15) is 0 Å². The summed E-state index contributed by atoms with van der Waals surface area (Å²) in [4.78, 5) is 3.20. The quantitative estimate of drug-likeness (QED) is 0.652. The van der Waals surface area contributed by atoms with Crippen LogP contribution in [0.25, 0.3) is 0 Å². The summed E-state index contributed by atoms with van der Waals surface area (Å²) in [6, 6.07) is 4.69. The van der Waals surface area contributed by atoms with Gasteiger partial charge < -0.3 is 14.7 Å². The lowest BCUT2D eigenvalue weighted by Crippen LogP contribution is -2.26. The Bertz CT molecular complexity index is 647. The maximum Gasteiger partial charge on any atom is 0.242 e. The number of rotatable bonds is 8. The molecule has 1 atom stereocenters. The molecule has 2 aromatic heterocycles. The first kappa shape index (κ1) is 15.8. The van der Waals surface area contributed by atoms with Crippen LogP contribution in [-0.2, 0) is 16.6 Å². The highest BCUT2D eigenvalue weighted by molar-refractivity contribution is 7.89. The Kier molecular flexibility index (Phi) is 5.22. The van der Waals surface area contributed by atoms with E-state index in [0.717, 1.165) is 18.7 Å². The van der Waals surface area contributed by atoms with Crippen LogP contribution in [0, 0.1) is 0 Å². The van der Waals surface area contributed by atoms with E-state index >= 15 is 0 Å². The Balaban J connectivity index is 2.02. The smallest absolute Gasteiger partial charge is 0.242 e. The van der Waals surface area contributed by atoms with E-state index in [9.17, 15) is 8.42 Å². The second-order valence-corrected chi connectivity index (χ2v) is 6.61. The van der Waals surface area contributed by atoms with Crippen molar-refractivity contribution in [3.63, 3.8) is 0 Å². The highest BCUT2D eigenvalue weighted by atomic mass is 32.2. The van der Waals surface area contributed by atoms with Crippen molar-refractivity contribution in [1.82, 2.24) is 15.0 Å². The predicted molar refractivity (Wildman–Crippen MR) is 80.2 cm³/mol. The predicted octanol–water partition coefficient (Wildman–Crippen LogP) is 2.15. The molecule has 0 amide bonds. The molecule has 0 spiro atoms. The molecule has 116 valence electrons. The topological polar surface area (TPSA) is 87.1 Å². The molecule has 0 saturated carbocycles. The van der Waals surface area contributed by atoms with Crippen LogP contribution >= 0.6 is 0 Å². The highest BCUT2D eigenvalue weighted by Crippen LogP contribution is 2.17. The fraction of sp³-hybridized carbons (Fsp3) is 0.429. The van der Waals surface area contributed by atoms with Crippen LogP contribution in [0.4, 0.5) is 0 Å². The van der Waals surface area contributed by atoms with Gasteiger partial charge in [0.15, 0.2) is 0 Å². The number of hydrogen-bond donors (Lipinski definition) is 3. The lowest BCUT2D eigenvalue weighted by molar-refractivity contribution is 0.459. The van der Waals surface area contributed by atoms with Crippen LogP contribution in [0.2, 0.25) is 0 Å². The van der Waals surface area contributed by atoms with Crippen LogP contribution in [-0.4, -0.2) is 19.9 Å². The zero-order chi connectivity index (χ0) is 15.3. The van der Waals surface area contributed by atoms with E-state index < -0.39 is 16.1 Å². The Labute approximate surface area is 125 Å². The molecule has 0 aliphatic heterocycles. The number of aromatic nitrogens is 1. The van der Waals surface area contributed by atoms with Crippen LogP contribution in [0.15, 0.2) is 40.0 Å². The van der Waals surface area contributed by atoms with Crippen molar-refractivity contribution in [3.05, 3.63) is 42.1 Å². The first-order chi connectivity index (χ1) is 10.0. The van der Waals surface area contributed by atoms with Gasteiger partial charge in [0.2, 0.25) is 10.0 Å². The first-order valence-corrected chi connectivity index (χ1v) is 8.45. The van der Waals surface area contributed by atoms with Gasteiger partial charge in [-0.25, -0.2) is 13.1 Å². The van der Waals surface area contributed by atoms with Gasteiger partial charge >= 0.3 is 0 Å². The van der Waals surface area contributed by atoms with Crippen LogP contribution in [0.3, 0.4) is 0 Å². The third-order valence-electron chi connectivity index (χ3n) is 3.07. The van der Waals surface area contributed by atoms with Crippen molar-refractivity contribution in [1.29, 1.82) is 0 Å². The van der Waals surface area contributed by atoms with Gasteiger partial charge in [0.25, 0.3) is 0 Å². The molecule has 1 unspecified atom stereocenters. The molecule has 0 saturated heterocycles. The van der Waals surface area contributed by atoms with Gasteiger partial charge in [-0.05, 0) is 38.1 Å². The number of furan rings is 1. The second-order valence-electron chi connectivity index (χ2n) is 4.90. The van der Waals surface area contributed by atoms with Crippen LogP contribution < -0.4 is 10.0 Å². The van der Waals surface area contributed by atoms with E-state index in [4.69, 9.17) is 4.42 Å². The van der Waals surface area contributed by atoms with E-state index in [2.05, 4.69) is 21.9 Å². The highest BCUT2D eigenvalue weighted by Gasteiger charge is 2.20. The van der Waals surface area contributed by atoms with E-state index in [1.54, 1.807) is 25.1 Å². The third kappa shape index (κ3) is 4.20. The zero-order valence-electron chi connectivity index (χ0n) is 12.2. The summed E-state index contributed by atoms with van der Waals surface area (Å²) in [6.45, 7) is 5.34. The average Bonchev–Trinajstić information content (AvgIpc) is 3.10. The summed E-state index contributed by atoms with van der Waals surface area (Å²) >= 11 is 0. The van der Waals surface area contributed by atoms with Crippen molar-refractivity contribution in [2.75, 3.05) is 6.54 Å². The van der Waals surface area contributed by atoms with E-state index in [1.807, 2.05) is 0 Å². The van der Waals surface area contributed by atoms with Crippen LogP contribution in [0.5, 0.6) is 0 Å². The van der Waals surface area contributed by atoms with Gasteiger partial charge in [-0.1, -0.05) is 6.92 Å². The van der Waals surface area contributed by atoms with Crippen molar-refractivity contribution >= 4 is 10.0 Å². The maximum absolute atomic E-state index is 12.3. The minimum atomic E-state index is -3.56. The number of aromatic amines is 1. The molecule has 2 rings (SSSR count). The van der Waals surface area contributed by atoms with Crippen molar-refractivity contribution in [3.8, 4) is 0 Å². The van der Waals surface area contributed by atoms with Crippen molar-refractivity contribution in [2.24, 2.45) is 0 Å². The number of nitrogens with one attached hydrogen (secondary N) is 3. The average molecular weight is 311 g/mol. The molecule has 0 aromatic carbocycles. The largest absolute Gasteiger partial charge is 0.468 e. The molecule has 7 heteroatoms. The molecule has 2 aromatic rings. The van der Waals surface area contributed by atoms with E-state index in [1.165, 1.54) is 12.5 Å². The van der Waals surface area contributed by atoms with Gasteiger partial charge in [-0.3, -0.25) is 0 Å². The normalized spacial score (nSPS) is 13.4. The fourth-order valence-electron chi connectivity index (χ4n) is 1.97. The monoisotopic (exact) mass is 311 g/mol. The standard InChI is InChI=1S/C14H21N3O3S/c1-3-6-15-9-12-8-13(10-16-12)21(18,19)17-11(2)14-5-4-7-20-14/h4-5,7-8,10-11,15-17H,3,6,9H2,1-2H3. The minimum Gasteiger partial charge on any atom is -0.468 e. The van der Waals surface area contributed by atoms with E-state index in [-0.39, 0.29) is 4.90 Å². The molecule has 0 radical (unpaired) electrons. The molecular formula is C14H21N3O3S. The third-order valence-corrected chi connectivity index (χ3v) is 4.59. The van der Waals surface area contributed by atoms with Crippen molar-refractivity contribution in [2.45, 2.75) is 37.8 Å². The second kappa shape index (κ2) is 6.93. The number of hydrogen-bond acceptors (Lipinski definition) is 4. The summed E-state index contributed by atoms with van der Waals surface area (Å²) < 4.78 is 32.4. The first-order valence-electron chi connectivity index (χ1n) is 6.96. The van der Waals surface area contributed by atoms with Gasteiger partial charge in [0, 0.05) is 18.4 Å². The Morgan fingerprint density at radius 1 is 1.43 bits per heavy atom. The van der Waals surface area contributed by atoms with E-state index in [0.29, 0.717) is 12.3 Å². The fourth-order valence-corrected chi connectivity index (χ4v) is 3.20. The lowest BCUT2D eigenvalue weighted by atomic mass is 10.3. The lowest BCUT2D eigenvalue weighted by Gasteiger charge is -2.10. The van der Waals surface area contributed by atoms with Crippen LogP contribution in [0.1, 0.15) is 37.8 Å². The Hall–Kier alpha value is -1.57. The maximum atomic E-state index is 12.3. The summed E-state index contributed by atoms with van der Waals surface area (Å²) in [6.07, 6.45) is 4.06. The molecule has 0 aliphatic rings. The molecular weight excluding hydrogens is 290 g/mol. The van der Waals surface area contributed by atoms with Gasteiger partial charge in [0.1, 0.15) is 5.76 Å². The summed E-state index contributed by atoms with van der Waals surface area (Å²) in [7, 11) is -3.56. The SMILES string of the molecule is CCCNCc1cc(S(=O)(=O)NC(C)c2ccco2)c[nH]1. The molecule has 21 heavy (non-hydrogen) atoms. The Morgan fingerprint density at radius 3 is 2.90 bits per heavy atom. The summed E-state index contributed by atoms with van der Waals surface area (Å²) in [5.74, 6) is 0.582. The molecule has 0 bridgehead atoms. The molecule has 2 heterocycles. The Morgan fingerprint density at radius 2 is 2.24 bits per heavy atom. The molecule has 3 N–H and O–H groups in total. The number of sulfonamides is 1. The number of H-pyrrole nitrogens is 1. The van der Waals surface area contributed by atoms with Gasteiger partial charge in [0.05, 0.1) is 17.2 Å². The summed E-state index contributed by atoms with van der Waals surface area (Å²) in [5, 5.41) is 3.22. The molecule has 0 aliphatic carbocycles. The minimum absolute atomic E-state index is 0.231. The molecule has 6 nitrogen and oxygen atoms in total. The summed E-state index contributed by atoms with van der Waals surface area (Å²) in [5.41, 5.74) is 0.842. The van der Waals surface area contributed by atoms with Gasteiger partial charge in [-0.15, -0.1) is 0 Å². The van der Waals surface area contributed by atoms with Crippen molar-refractivity contribution < 1.29 is 12.8 Å².